The molecule has 2 aromatic heterocycles. The Morgan fingerprint density at radius 3 is 2.81 bits per heavy atom. The van der Waals surface area contributed by atoms with E-state index in [2.05, 4.69) is 19.9 Å². The summed E-state index contributed by atoms with van der Waals surface area (Å²) in [7, 11) is 0. The normalized spacial score (nSPS) is 13.5. The Morgan fingerprint density at radius 2 is 2.04 bits per heavy atom. The highest BCUT2D eigenvalue weighted by atomic mass is 19.1. The zero-order chi connectivity index (χ0) is 18.3. The summed E-state index contributed by atoms with van der Waals surface area (Å²) in [5, 5.41) is 0. The molecule has 0 atom stereocenters. The second-order valence-corrected chi connectivity index (χ2v) is 6.20. The van der Waals surface area contributed by atoms with Crippen LogP contribution in [0.15, 0.2) is 35.4 Å². The quantitative estimate of drug-likeness (QED) is 0.734. The minimum Gasteiger partial charge on any atom is -0.341 e. The van der Waals surface area contributed by atoms with E-state index in [-0.39, 0.29) is 23.8 Å². The van der Waals surface area contributed by atoms with Crippen molar-refractivity contribution in [2.45, 2.75) is 19.9 Å². The van der Waals surface area contributed by atoms with Gasteiger partial charge in [-0.1, -0.05) is 0 Å². The van der Waals surface area contributed by atoms with Gasteiger partial charge in [0, 0.05) is 23.4 Å². The summed E-state index contributed by atoms with van der Waals surface area (Å²) in [5.41, 5.74) is 2.74. The van der Waals surface area contributed by atoms with Crippen molar-refractivity contribution in [1.29, 1.82) is 0 Å². The van der Waals surface area contributed by atoms with Crippen LogP contribution in [0.1, 0.15) is 27.4 Å². The summed E-state index contributed by atoms with van der Waals surface area (Å²) < 4.78 is 13.1. The van der Waals surface area contributed by atoms with Crippen LogP contribution in [0.25, 0.3) is 11.4 Å². The van der Waals surface area contributed by atoms with E-state index in [1.165, 1.54) is 18.5 Å². The van der Waals surface area contributed by atoms with E-state index in [0.29, 0.717) is 47.0 Å². The Bertz CT molecular complexity index is 1040. The van der Waals surface area contributed by atoms with Crippen molar-refractivity contribution >= 4 is 5.91 Å². The van der Waals surface area contributed by atoms with Crippen molar-refractivity contribution in [1.82, 2.24) is 24.8 Å². The van der Waals surface area contributed by atoms with E-state index in [1.54, 1.807) is 24.0 Å². The molecule has 7 nitrogen and oxygen atoms in total. The van der Waals surface area contributed by atoms with Gasteiger partial charge in [-0.2, -0.15) is 0 Å². The number of aromatic nitrogens is 4. The predicted molar refractivity (Wildman–Crippen MR) is 92.0 cm³/mol. The summed E-state index contributed by atoms with van der Waals surface area (Å²) in [5.74, 6) is -0.0412. The van der Waals surface area contributed by atoms with Crippen LogP contribution in [-0.2, 0) is 13.0 Å². The van der Waals surface area contributed by atoms with E-state index in [1.807, 2.05) is 0 Å². The van der Waals surface area contributed by atoms with Crippen LogP contribution in [0.2, 0.25) is 0 Å². The number of carbonyl (C=O) groups is 1. The summed E-state index contributed by atoms with van der Waals surface area (Å²) in [6.07, 6.45) is 1.81. The number of amides is 1. The van der Waals surface area contributed by atoms with E-state index in [9.17, 15) is 14.0 Å². The molecule has 0 saturated carbocycles. The van der Waals surface area contributed by atoms with Crippen molar-refractivity contribution in [2.75, 3.05) is 6.54 Å². The fourth-order valence-corrected chi connectivity index (χ4v) is 3.10. The van der Waals surface area contributed by atoms with Crippen LogP contribution in [0, 0.1) is 12.7 Å². The Morgan fingerprint density at radius 1 is 1.27 bits per heavy atom. The van der Waals surface area contributed by atoms with Gasteiger partial charge in [-0.15, -0.1) is 0 Å². The fourth-order valence-electron chi connectivity index (χ4n) is 3.10. The molecule has 0 aliphatic carbocycles. The number of carbonyl (C=O) groups excluding carboxylic acids is 1. The van der Waals surface area contributed by atoms with E-state index >= 15 is 0 Å². The van der Waals surface area contributed by atoms with Crippen molar-refractivity contribution < 1.29 is 9.18 Å². The Labute approximate surface area is 147 Å². The highest BCUT2D eigenvalue weighted by Gasteiger charge is 2.27. The number of fused-ring (bicyclic) bond motifs is 1. The molecule has 3 aromatic rings. The van der Waals surface area contributed by atoms with Crippen LogP contribution in [0.4, 0.5) is 4.39 Å². The zero-order valence-electron chi connectivity index (χ0n) is 14.0. The SMILES string of the molecule is Cc1[nH]c(-c2ccc(F)cc2)nc1C(=O)N1CCc2c(nc[nH]c2=O)C1. The molecule has 0 saturated heterocycles. The first-order valence-electron chi connectivity index (χ1n) is 8.20. The van der Waals surface area contributed by atoms with Crippen molar-refractivity contribution in [3.05, 3.63) is 69.4 Å². The molecule has 0 bridgehead atoms. The number of nitrogens with one attached hydrogen (secondary N) is 2. The van der Waals surface area contributed by atoms with Gasteiger partial charge in [0.05, 0.1) is 18.6 Å². The lowest BCUT2D eigenvalue weighted by atomic mass is 10.1. The smallest absolute Gasteiger partial charge is 0.274 e. The predicted octanol–water partition coefficient (Wildman–Crippen LogP) is 1.81. The molecule has 1 aromatic carbocycles. The van der Waals surface area contributed by atoms with Crippen LogP contribution in [0.3, 0.4) is 0 Å². The highest BCUT2D eigenvalue weighted by Crippen LogP contribution is 2.21. The number of halogens is 1. The van der Waals surface area contributed by atoms with Gasteiger partial charge in [0.15, 0.2) is 0 Å². The lowest BCUT2D eigenvalue weighted by Crippen LogP contribution is -2.39. The van der Waals surface area contributed by atoms with E-state index < -0.39 is 0 Å². The van der Waals surface area contributed by atoms with Crippen LogP contribution in [-0.4, -0.2) is 37.3 Å². The summed E-state index contributed by atoms with van der Waals surface area (Å²) in [4.78, 5) is 40.5. The van der Waals surface area contributed by atoms with E-state index in [0.717, 1.165) is 0 Å². The third-order valence-electron chi connectivity index (χ3n) is 4.50. The first-order chi connectivity index (χ1) is 12.5. The third-order valence-corrected chi connectivity index (χ3v) is 4.50. The monoisotopic (exact) mass is 353 g/mol. The van der Waals surface area contributed by atoms with Gasteiger partial charge in [-0.3, -0.25) is 9.59 Å². The Kier molecular flexibility index (Phi) is 3.87. The third kappa shape index (κ3) is 2.79. The molecule has 26 heavy (non-hydrogen) atoms. The lowest BCUT2D eigenvalue weighted by molar-refractivity contribution is 0.0725. The largest absolute Gasteiger partial charge is 0.341 e. The maximum atomic E-state index is 13.1. The number of rotatable bonds is 2. The minimum atomic E-state index is -0.331. The molecular formula is C18H16FN5O2. The molecule has 4 rings (SSSR count). The second-order valence-electron chi connectivity index (χ2n) is 6.20. The summed E-state index contributed by atoms with van der Waals surface area (Å²) >= 11 is 0. The average Bonchev–Trinajstić information content (AvgIpc) is 3.03. The molecule has 8 heteroatoms. The van der Waals surface area contributed by atoms with Gasteiger partial charge >= 0.3 is 0 Å². The van der Waals surface area contributed by atoms with Crippen molar-refractivity contribution in [3.63, 3.8) is 0 Å². The summed E-state index contributed by atoms with van der Waals surface area (Å²) in [6.45, 7) is 2.48. The zero-order valence-corrected chi connectivity index (χ0v) is 14.0. The topological polar surface area (TPSA) is 94.7 Å². The number of nitrogens with zero attached hydrogens (tertiary/aromatic N) is 3. The maximum Gasteiger partial charge on any atom is 0.274 e. The molecule has 2 N–H and O–H groups in total. The van der Waals surface area contributed by atoms with Crippen LogP contribution >= 0.6 is 0 Å². The number of H-pyrrole nitrogens is 2. The Balaban J connectivity index is 1.61. The van der Waals surface area contributed by atoms with Gasteiger partial charge in [0.1, 0.15) is 17.3 Å². The molecule has 0 fully saturated rings. The molecule has 1 amide bonds. The fraction of sp³-hybridized carbons (Fsp3) is 0.222. The number of imidazole rings is 1. The van der Waals surface area contributed by atoms with E-state index in [4.69, 9.17) is 0 Å². The number of aromatic amines is 2. The van der Waals surface area contributed by atoms with Gasteiger partial charge < -0.3 is 14.9 Å². The highest BCUT2D eigenvalue weighted by molar-refractivity contribution is 5.94. The summed E-state index contributed by atoms with van der Waals surface area (Å²) in [6, 6.07) is 5.91. The van der Waals surface area contributed by atoms with Crippen LogP contribution in [0.5, 0.6) is 0 Å². The minimum absolute atomic E-state index is 0.156. The van der Waals surface area contributed by atoms with Gasteiger partial charge in [-0.05, 0) is 37.6 Å². The first kappa shape index (κ1) is 16.2. The molecule has 0 radical (unpaired) electrons. The number of hydrogen-bond acceptors (Lipinski definition) is 4. The van der Waals surface area contributed by atoms with Crippen LogP contribution < -0.4 is 5.56 Å². The molecule has 1 aliphatic rings. The maximum absolute atomic E-state index is 13.1. The second kappa shape index (κ2) is 6.21. The molecule has 0 spiro atoms. The lowest BCUT2D eigenvalue weighted by Gasteiger charge is -2.26. The molecule has 0 unspecified atom stereocenters. The van der Waals surface area contributed by atoms with Crippen molar-refractivity contribution in [2.24, 2.45) is 0 Å². The molecular weight excluding hydrogens is 337 g/mol. The molecule has 1 aliphatic heterocycles. The number of benzene rings is 1. The van der Waals surface area contributed by atoms with Gasteiger partial charge in [-0.25, -0.2) is 14.4 Å². The Hall–Kier alpha value is -3.29. The number of hydrogen-bond donors (Lipinski definition) is 2. The molecule has 3 heterocycles. The molecule has 132 valence electrons. The van der Waals surface area contributed by atoms with Crippen molar-refractivity contribution in [3.8, 4) is 11.4 Å². The first-order valence-corrected chi connectivity index (χ1v) is 8.20. The van der Waals surface area contributed by atoms with Gasteiger partial charge in [0.2, 0.25) is 0 Å². The number of aryl methyl sites for hydroxylation is 1. The van der Waals surface area contributed by atoms with Gasteiger partial charge in [0.25, 0.3) is 11.5 Å². The average molecular weight is 353 g/mol. The standard InChI is InChI=1S/C18H16FN5O2/c1-10-15(23-16(22-10)11-2-4-12(19)5-3-11)18(26)24-7-6-13-14(8-24)20-9-21-17(13)25/h2-5,9H,6-8H2,1H3,(H,22,23)(H,20,21,25).